The molecule has 2 aromatic rings. The van der Waals surface area contributed by atoms with Gasteiger partial charge in [0.15, 0.2) is 0 Å². The first-order chi connectivity index (χ1) is 8.74. The molecule has 0 radical (unpaired) electrons. The van der Waals surface area contributed by atoms with Crippen LogP contribution in [0.3, 0.4) is 0 Å². The topological polar surface area (TPSA) is 54.0 Å². The fourth-order valence-electron chi connectivity index (χ4n) is 2.12. The number of aryl methyl sites for hydroxylation is 1. The van der Waals surface area contributed by atoms with Gasteiger partial charge < -0.3 is 10.6 Å². The van der Waals surface area contributed by atoms with E-state index in [1.54, 1.807) is 6.20 Å². The Morgan fingerprint density at radius 3 is 3.00 bits per heavy atom. The monoisotopic (exact) mass is 239 g/mol. The van der Waals surface area contributed by atoms with E-state index in [1.165, 1.54) is 5.56 Å². The Bertz CT molecular complexity index is 622. The number of hydrogen-bond acceptors (Lipinski definition) is 2. The molecule has 0 fully saturated rings. The van der Waals surface area contributed by atoms with E-state index in [-0.39, 0.29) is 6.03 Å². The summed E-state index contributed by atoms with van der Waals surface area (Å²) in [6, 6.07) is 7.92. The maximum atomic E-state index is 11.3. The van der Waals surface area contributed by atoms with E-state index in [9.17, 15) is 4.79 Å². The van der Waals surface area contributed by atoms with Crippen LogP contribution in [-0.4, -0.2) is 11.0 Å². The number of nitrogens with one attached hydrogen (secondary N) is 2. The third-order valence-electron chi connectivity index (χ3n) is 3.15. The van der Waals surface area contributed by atoms with Gasteiger partial charge in [-0.1, -0.05) is 12.1 Å². The minimum absolute atomic E-state index is 0.150. The zero-order valence-electron chi connectivity index (χ0n) is 10.0. The molecule has 1 aliphatic rings. The van der Waals surface area contributed by atoms with Crippen molar-refractivity contribution in [1.29, 1.82) is 0 Å². The largest absolute Gasteiger partial charge is 0.334 e. The number of pyridine rings is 1. The van der Waals surface area contributed by atoms with Crippen LogP contribution < -0.4 is 10.6 Å². The first-order valence-electron chi connectivity index (χ1n) is 5.83. The first kappa shape index (κ1) is 10.8. The Balaban J connectivity index is 2.07. The van der Waals surface area contributed by atoms with Gasteiger partial charge in [0.1, 0.15) is 0 Å². The lowest BCUT2D eigenvalue weighted by Gasteiger charge is -2.19. The maximum absolute atomic E-state index is 11.3. The molecule has 0 unspecified atom stereocenters. The molecule has 2 amide bonds. The third kappa shape index (κ3) is 1.82. The molecule has 4 heteroatoms. The highest BCUT2D eigenvalue weighted by Gasteiger charge is 2.14. The Morgan fingerprint density at radius 2 is 2.17 bits per heavy atom. The van der Waals surface area contributed by atoms with Crippen molar-refractivity contribution < 1.29 is 4.79 Å². The van der Waals surface area contributed by atoms with Crippen molar-refractivity contribution in [3.05, 3.63) is 47.8 Å². The summed E-state index contributed by atoms with van der Waals surface area (Å²) in [6.07, 6.45) is 3.63. The lowest BCUT2D eigenvalue weighted by Crippen LogP contribution is -2.33. The van der Waals surface area contributed by atoms with Crippen molar-refractivity contribution in [2.75, 3.05) is 5.32 Å². The molecule has 90 valence electrons. The number of hydrogen-bond donors (Lipinski definition) is 2. The number of urea groups is 1. The van der Waals surface area contributed by atoms with E-state index in [0.717, 1.165) is 22.4 Å². The number of amides is 2. The second kappa shape index (κ2) is 4.14. The average Bonchev–Trinajstić information content (AvgIpc) is 2.38. The molecule has 0 saturated carbocycles. The highest BCUT2D eigenvalue weighted by Crippen LogP contribution is 2.28. The summed E-state index contributed by atoms with van der Waals surface area (Å²) in [7, 11) is 0. The van der Waals surface area contributed by atoms with Crippen molar-refractivity contribution in [2.24, 2.45) is 0 Å². The highest BCUT2D eigenvalue weighted by molar-refractivity contribution is 5.93. The van der Waals surface area contributed by atoms with E-state index in [2.05, 4.69) is 28.6 Å². The van der Waals surface area contributed by atoms with Crippen LogP contribution in [0, 0.1) is 6.92 Å². The number of fused-ring (bicyclic) bond motifs is 1. The van der Waals surface area contributed by atoms with Gasteiger partial charge in [0.2, 0.25) is 0 Å². The third-order valence-corrected chi connectivity index (χ3v) is 3.15. The van der Waals surface area contributed by atoms with Crippen LogP contribution in [0.2, 0.25) is 0 Å². The minimum Gasteiger partial charge on any atom is -0.334 e. The van der Waals surface area contributed by atoms with Crippen LogP contribution in [0.4, 0.5) is 10.5 Å². The van der Waals surface area contributed by atoms with Gasteiger partial charge in [-0.2, -0.15) is 0 Å². The van der Waals surface area contributed by atoms with Crippen LogP contribution in [0.1, 0.15) is 11.1 Å². The van der Waals surface area contributed by atoms with Crippen molar-refractivity contribution >= 4 is 11.7 Å². The quantitative estimate of drug-likeness (QED) is 0.803. The number of benzene rings is 1. The zero-order chi connectivity index (χ0) is 12.5. The smallest absolute Gasteiger partial charge is 0.319 e. The Labute approximate surface area is 105 Å². The maximum Gasteiger partial charge on any atom is 0.319 e. The van der Waals surface area contributed by atoms with Crippen molar-refractivity contribution in [3.8, 4) is 11.1 Å². The summed E-state index contributed by atoms with van der Waals surface area (Å²) in [5.74, 6) is 0. The van der Waals surface area contributed by atoms with Gasteiger partial charge in [-0.05, 0) is 35.7 Å². The van der Waals surface area contributed by atoms with Crippen LogP contribution in [0.25, 0.3) is 11.1 Å². The number of rotatable bonds is 1. The molecular formula is C14H13N3O. The molecule has 2 heterocycles. The molecular weight excluding hydrogens is 226 g/mol. The normalized spacial score (nSPS) is 13.5. The van der Waals surface area contributed by atoms with Gasteiger partial charge in [-0.15, -0.1) is 0 Å². The molecule has 0 spiro atoms. The lowest BCUT2D eigenvalue weighted by atomic mass is 10.00. The minimum atomic E-state index is -0.150. The molecule has 1 aliphatic heterocycles. The predicted octanol–water partition coefficient (Wildman–Crippen LogP) is 2.69. The second-order valence-corrected chi connectivity index (χ2v) is 4.37. The lowest BCUT2D eigenvalue weighted by molar-refractivity contribution is 0.251. The van der Waals surface area contributed by atoms with Crippen LogP contribution >= 0.6 is 0 Å². The predicted molar refractivity (Wildman–Crippen MR) is 70.3 cm³/mol. The number of aromatic nitrogens is 1. The average molecular weight is 239 g/mol. The number of carbonyl (C=O) groups excluding carboxylic acids is 1. The second-order valence-electron chi connectivity index (χ2n) is 4.37. The SMILES string of the molecule is Cc1ccncc1-c1ccc2c(c1)NC(=O)NC2. The highest BCUT2D eigenvalue weighted by atomic mass is 16.2. The van der Waals surface area contributed by atoms with Gasteiger partial charge in [0.25, 0.3) is 0 Å². The summed E-state index contributed by atoms with van der Waals surface area (Å²) < 4.78 is 0. The standard InChI is InChI=1S/C14H13N3O/c1-9-4-5-15-8-12(9)10-2-3-11-7-16-14(18)17-13(11)6-10/h2-6,8H,7H2,1H3,(H2,16,17,18). The summed E-state index contributed by atoms with van der Waals surface area (Å²) in [5, 5.41) is 5.57. The van der Waals surface area contributed by atoms with Crippen LogP contribution in [0.5, 0.6) is 0 Å². The van der Waals surface area contributed by atoms with Gasteiger partial charge >= 0.3 is 6.03 Å². The molecule has 0 saturated heterocycles. The van der Waals surface area contributed by atoms with E-state index < -0.39 is 0 Å². The summed E-state index contributed by atoms with van der Waals surface area (Å²) in [4.78, 5) is 15.5. The molecule has 0 aliphatic carbocycles. The number of nitrogens with zero attached hydrogens (tertiary/aromatic N) is 1. The summed E-state index contributed by atoms with van der Waals surface area (Å²) >= 11 is 0. The Kier molecular flexibility index (Phi) is 2.48. The van der Waals surface area contributed by atoms with Crippen LogP contribution in [0.15, 0.2) is 36.7 Å². The van der Waals surface area contributed by atoms with Crippen molar-refractivity contribution in [3.63, 3.8) is 0 Å². The summed E-state index contributed by atoms with van der Waals surface area (Å²) in [5.41, 5.74) is 5.30. The Morgan fingerprint density at radius 1 is 1.28 bits per heavy atom. The fourth-order valence-corrected chi connectivity index (χ4v) is 2.12. The molecule has 0 bridgehead atoms. The molecule has 4 nitrogen and oxygen atoms in total. The molecule has 3 rings (SSSR count). The summed E-state index contributed by atoms with van der Waals surface area (Å²) in [6.45, 7) is 2.63. The van der Waals surface area contributed by atoms with E-state index >= 15 is 0 Å². The molecule has 2 N–H and O–H groups in total. The van der Waals surface area contributed by atoms with Crippen LogP contribution in [-0.2, 0) is 6.54 Å². The van der Waals surface area contributed by atoms with Gasteiger partial charge in [-0.3, -0.25) is 4.98 Å². The van der Waals surface area contributed by atoms with Gasteiger partial charge in [0, 0.05) is 30.2 Å². The molecule has 1 aromatic carbocycles. The fraction of sp³-hybridized carbons (Fsp3) is 0.143. The number of carbonyl (C=O) groups is 1. The van der Waals surface area contributed by atoms with Crippen molar-refractivity contribution in [2.45, 2.75) is 13.5 Å². The van der Waals surface area contributed by atoms with Gasteiger partial charge in [-0.25, -0.2) is 4.79 Å². The molecule has 0 atom stereocenters. The molecule has 1 aromatic heterocycles. The van der Waals surface area contributed by atoms with Crippen molar-refractivity contribution in [1.82, 2.24) is 10.3 Å². The molecule has 18 heavy (non-hydrogen) atoms. The first-order valence-corrected chi connectivity index (χ1v) is 5.83. The van der Waals surface area contributed by atoms with E-state index in [4.69, 9.17) is 0 Å². The van der Waals surface area contributed by atoms with Gasteiger partial charge in [0.05, 0.1) is 0 Å². The zero-order valence-corrected chi connectivity index (χ0v) is 10.0. The Hall–Kier alpha value is -2.36. The number of anilines is 1. The van der Waals surface area contributed by atoms with E-state index in [1.807, 2.05) is 24.4 Å². The van der Waals surface area contributed by atoms with E-state index in [0.29, 0.717) is 6.54 Å².